The zero-order chi connectivity index (χ0) is 18.1. The van der Waals surface area contributed by atoms with Gasteiger partial charge < -0.3 is 9.47 Å². The largest absolute Gasteiger partial charge is 0.356 e. The van der Waals surface area contributed by atoms with E-state index in [-0.39, 0.29) is 0 Å². The molecule has 4 rings (SSSR count). The molecule has 0 N–H and O–H groups in total. The first kappa shape index (κ1) is 16.6. The molecule has 1 saturated heterocycles. The summed E-state index contributed by atoms with van der Waals surface area (Å²) in [4.78, 5) is 10.9. The van der Waals surface area contributed by atoms with Gasteiger partial charge in [0, 0.05) is 49.1 Å². The van der Waals surface area contributed by atoms with E-state index >= 15 is 0 Å². The van der Waals surface area contributed by atoms with E-state index in [1.807, 2.05) is 30.7 Å². The molecular weight excluding hydrogens is 331 g/mol. The number of anilines is 1. The lowest BCUT2D eigenvalue weighted by atomic mass is 9.95. The quantitative estimate of drug-likeness (QED) is 0.678. The van der Waals surface area contributed by atoms with E-state index in [1.165, 1.54) is 6.07 Å². The van der Waals surface area contributed by atoms with Crippen LogP contribution in [0.4, 0.5) is 10.2 Å². The molecule has 3 aromatic heterocycles. The fourth-order valence-corrected chi connectivity index (χ4v) is 3.56. The van der Waals surface area contributed by atoms with E-state index in [9.17, 15) is 4.39 Å². The van der Waals surface area contributed by atoms with Crippen LogP contribution in [-0.2, 0) is 7.05 Å². The van der Waals surface area contributed by atoms with Gasteiger partial charge in [0.25, 0.3) is 0 Å². The minimum Gasteiger partial charge on any atom is -0.356 e. The highest BCUT2D eigenvalue weighted by molar-refractivity contribution is 5.75. The number of aromatic nitrogens is 5. The highest BCUT2D eigenvalue weighted by Crippen LogP contribution is 2.34. The number of rotatable bonds is 3. The van der Waals surface area contributed by atoms with Gasteiger partial charge in [-0.15, -0.1) is 10.2 Å². The Morgan fingerprint density at radius 2 is 1.92 bits per heavy atom. The second-order valence-electron chi connectivity index (χ2n) is 6.75. The fraction of sp³-hybridized carbons (Fsp3) is 0.368. The lowest BCUT2D eigenvalue weighted by molar-refractivity contribution is 0.472. The maximum absolute atomic E-state index is 13.2. The molecule has 1 aliphatic heterocycles. The van der Waals surface area contributed by atoms with Crippen LogP contribution in [-0.4, -0.2) is 37.8 Å². The lowest BCUT2D eigenvalue weighted by Crippen LogP contribution is -2.34. The monoisotopic (exact) mass is 352 g/mol. The summed E-state index contributed by atoms with van der Waals surface area (Å²) < 4.78 is 15.2. The zero-order valence-electron chi connectivity index (χ0n) is 14.9. The van der Waals surface area contributed by atoms with Gasteiger partial charge in [0.15, 0.2) is 0 Å². The van der Waals surface area contributed by atoms with E-state index < -0.39 is 5.95 Å². The van der Waals surface area contributed by atoms with Crippen molar-refractivity contribution in [2.45, 2.75) is 25.7 Å². The normalized spacial score (nSPS) is 15.4. The second-order valence-corrected chi connectivity index (χ2v) is 6.75. The van der Waals surface area contributed by atoms with Crippen molar-refractivity contribution in [3.8, 4) is 11.1 Å². The molecule has 0 unspecified atom stereocenters. The Morgan fingerprint density at radius 3 is 2.58 bits per heavy atom. The van der Waals surface area contributed by atoms with Crippen molar-refractivity contribution in [2.75, 3.05) is 18.0 Å². The average molecular weight is 352 g/mol. The summed E-state index contributed by atoms with van der Waals surface area (Å²) >= 11 is 0. The molecule has 6 nitrogen and oxygen atoms in total. The van der Waals surface area contributed by atoms with Crippen molar-refractivity contribution < 1.29 is 4.39 Å². The molecular formula is C19H21FN6. The Hall–Kier alpha value is -2.83. The zero-order valence-corrected chi connectivity index (χ0v) is 14.9. The Labute approximate surface area is 151 Å². The maximum Gasteiger partial charge on any atom is 0.212 e. The second kappa shape index (κ2) is 6.82. The van der Waals surface area contributed by atoms with Crippen molar-refractivity contribution >= 4 is 5.82 Å². The van der Waals surface area contributed by atoms with Crippen LogP contribution in [0.2, 0.25) is 0 Å². The number of halogens is 1. The Morgan fingerprint density at radius 1 is 1.12 bits per heavy atom. The topological polar surface area (TPSA) is 59.7 Å². The Bertz CT molecular complexity index is 897. The first-order valence-corrected chi connectivity index (χ1v) is 8.80. The SMILES string of the molecule is Cc1ccc(-c2ccc(F)nc2)c(N2CCC(c3nncn3C)CC2)n1. The summed E-state index contributed by atoms with van der Waals surface area (Å²) in [5.41, 5.74) is 2.83. The number of hydrogen-bond acceptors (Lipinski definition) is 5. The summed E-state index contributed by atoms with van der Waals surface area (Å²) in [6.45, 7) is 3.79. The van der Waals surface area contributed by atoms with Crippen LogP contribution in [0, 0.1) is 12.9 Å². The summed E-state index contributed by atoms with van der Waals surface area (Å²) in [6, 6.07) is 7.17. The minimum atomic E-state index is -0.472. The van der Waals surface area contributed by atoms with Crippen molar-refractivity contribution in [3.05, 3.63) is 54.3 Å². The van der Waals surface area contributed by atoms with Gasteiger partial charge in [0.2, 0.25) is 5.95 Å². The molecule has 0 atom stereocenters. The Balaban J connectivity index is 1.59. The van der Waals surface area contributed by atoms with Crippen LogP contribution in [0.25, 0.3) is 11.1 Å². The molecule has 7 heteroatoms. The van der Waals surface area contributed by atoms with Crippen molar-refractivity contribution in [1.82, 2.24) is 24.7 Å². The lowest BCUT2D eigenvalue weighted by Gasteiger charge is -2.33. The van der Waals surface area contributed by atoms with Crippen molar-refractivity contribution in [1.29, 1.82) is 0 Å². The van der Waals surface area contributed by atoms with Gasteiger partial charge in [-0.25, -0.2) is 9.97 Å². The van der Waals surface area contributed by atoms with E-state index in [1.54, 1.807) is 18.6 Å². The number of aryl methyl sites for hydroxylation is 2. The smallest absolute Gasteiger partial charge is 0.212 e. The predicted octanol–water partition coefficient (Wildman–Crippen LogP) is 3.10. The third-order valence-corrected chi connectivity index (χ3v) is 4.96. The van der Waals surface area contributed by atoms with Crippen LogP contribution in [0.3, 0.4) is 0 Å². The molecule has 4 heterocycles. The van der Waals surface area contributed by atoms with Crippen LogP contribution < -0.4 is 4.90 Å². The highest BCUT2D eigenvalue weighted by atomic mass is 19.1. The van der Waals surface area contributed by atoms with Gasteiger partial charge in [-0.05, 0) is 44.0 Å². The third-order valence-electron chi connectivity index (χ3n) is 4.96. The number of pyridine rings is 2. The van der Waals surface area contributed by atoms with E-state index in [2.05, 4.69) is 20.1 Å². The van der Waals surface area contributed by atoms with Crippen LogP contribution in [0.1, 0.15) is 30.3 Å². The molecule has 0 radical (unpaired) electrons. The Kier molecular flexibility index (Phi) is 4.36. The van der Waals surface area contributed by atoms with Gasteiger partial charge in [0.05, 0.1) is 0 Å². The van der Waals surface area contributed by atoms with Crippen molar-refractivity contribution in [3.63, 3.8) is 0 Å². The van der Waals surface area contributed by atoms with Gasteiger partial charge in [-0.3, -0.25) is 0 Å². The molecule has 26 heavy (non-hydrogen) atoms. The van der Waals surface area contributed by atoms with Crippen LogP contribution in [0.15, 0.2) is 36.8 Å². The van der Waals surface area contributed by atoms with E-state index in [0.29, 0.717) is 5.92 Å². The van der Waals surface area contributed by atoms with Gasteiger partial charge in [-0.2, -0.15) is 4.39 Å². The van der Waals surface area contributed by atoms with Gasteiger partial charge in [-0.1, -0.05) is 0 Å². The minimum absolute atomic E-state index is 0.416. The molecule has 134 valence electrons. The average Bonchev–Trinajstić information content (AvgIpc) is 3.09. The third kappa shape index (κ3) is 3.16. The first-order chi connectivity index (χ1) is 12.6. The summed E-state index contributed by atoms with van der Waals surface area (Å²) in [7, 11) is 1.99. The van der Waals surface area contributed by atoms with E-state index in [0.717, 1.165) is 54.4 Å². The number of nitrogens with zero attached hydrogens (tertiary/aromatic N) is 6. The van der Waals surface area contributed by atoms with Crippen LogP contribution >= 0.6 is 0 Å². The number of hydrogen-bond donors (Lipinski definition) is 0. The van der Waals surface area contributed by atoms with E-state index in [4.69, 9.17) is 4.98 Å². The summed E-state index contributed by atoms with van der Waals surface area (Å²) in [6.07, 6.45) is 5.33. The molecule has 3 aromatic rings. The van der Waals surface area contributed by atoms with Gasteiger partial charge in [0.1, 0.15) is 18.0 Å². The van der Waals surface area contributed by atoms with Gasteiger partial charge >= 0.3 is 0 Å². The molecule has 0 spiro atoms. The number of piperidine rings is 1. The molecule has 0 aromatic carbocycles. The fourth-order valence-electron chi connectivity index (χ4n) is 3.56. The molecule has 1 aliphatic rings. The molecule has 0 amide bonds. The van der Waals surface area contributed by atoms with Crippen LogP contribution in [0.5, 0.6) is 0 Å². The highest BCUT2D eigenvalue weighted by Gasteiger charge is 2.26. The summed E-state index contributed by atoms with van der Waals surface area (Å²) in [5.74, 6) is 1.93. The molecule has 1 fully saturated rings. The molecule has 0 aliphatic carbocycles. The maximum atomic E-state index is 13.2. The van der Waals surface area contributed by atoms with Crippen molar-refractivity contribution in [2.24, 2.45) is 7.05 Å². The molecule has 0 bridgehead atoms. The predicted molar refractivity (Wildman–Crippen MR) is 97.4 cm³/mol. The molecule has 0 saturated carbocycles. The first-order valence-electron chi connectivity index (χ1n) is 8.80. The summed E-state index contributed by atoms with van der Waals surface area (Å²) in [5, 5.41) is 8.26. The standard InChI is InChI=1S/C19H21FN6/c1-13-3-5-16(15-4-6-17(20)21-11-15)19(23-13)26-9-7-14(8-10-26)18-24-22-12-25(18)2/h3-6,11-12,14H,7-10H2,1-2H3.